The molecule has 5 heteroatoms. The second-order valence-corrected chi connectivity index (χ2v) is 6.07. The topological polar surface area (TPSA) is 66.6 Å². The molecule has 1 aliphatic heterocycles. The molecular formula is C19H20N4O. The molecule has 2 aromatic carbocycles. The van der Waals surface area contributed by atoms with Gasteiger partial charge in [0.15, 0.2) is 6.29 Å². The first-order chi connectivity index (χ1) is 11.6. The van der Waals surface area contributed by atoms with Gasteiger partial charge in [0.2, 0.25) is 0 Å². The molecule has 24 heavy (non-hydrogen) atoms. The molecule has 2 heterocycles. The maximum Gasteiger partial charge on any atom is 0.174 e. The summed E-state index contributed by atoms with van der Waals surface area (Å²) in [6.07, 6.45) is -0.348. The van der Waals surface area contributed by atoms with Crippen LogP contribution >= 0.6 is 0 Å². The molecule has 1 unspecified atom stereocenters. The second-order valence-electron chi connectivity index (χ2n) is 6.07. The number of nitrogens with one attached hydrogen (secondary N) is 1. The summed E-state index contributed by atoms with van der Waals surface area (Å²) in [6, 6.07) is 16.3. The highest BCUT2D eigenvalue weighted by atomic mass is 16.5. The van der Waals surface area contributed by atoms with Crippen LogP contribution in [-0.4, -0.2) is 24.0 Å². The maximum atomic E-state index is 6.04. The number of nitrogens with two attached hydrogens (primary N) is 1. The van der Waals surface area contributed by atoms with Gasteiger partial charge in [0.1, 0.15) is 18.2 Å². The summed E-state index contributed by atoms with van der Waals surface area (Å²) in [5.41, 5.74) is 10.3. The number of hydrogen-bond donors (Lipinski definition) is 2. The molecule has 1 aliphatic rings. The van der Waals surface area contributed by atoms with E-state index >= 15 is 0 Å². The van der Waals surface area contributed by atoms with Crippen molar-refractivity contribution in [1.82, 2.24) is 4.98 Å². The Morgan fingerprint density at radius 3 is 2.79 bits per heavy atom. The summed E-state index contributed by atoms with van der Waals surface area (Å²) in [5.74, 6) is 1.85. The van der Waals surface area contributed by atoms with Crippen LogP contribution < -0.4 is 15.4 Å². The maximum absolute atomic E-state index is 6.04. The van der Waals surface area contributed by atoms with Crippen LogP contribution in [0.4, 0.5) is 5.82 Å². The lowest BCUT2D eigenvalue weighted by Crippen LogP contribution is -2.41. The summed E-state index contributed by atoms with van der Waals surface area (Å²) in [7, 11) is 1.95. The van der Waals surface area contributed by atoms with Crippen LogP contribution in [0, 0.1) is 0 Å². The molecule has 0 aliphatic carbocycles. The van der Waals surface area contributed by atoms with E-state index in [1.807, 2.05) is 49.2 Å². The zero-order valence-electron chi connectivity index (χ0n) is 13.8. The van der Waals surface area contributed by atoms with Gasteiger partial charge >= 0.3 is 0 Å². The summed E-state index contributed by atoms with van der Waals surface area (Å²) >= 11 is 0. The summed E-state index contributed by atoms with van der Waals surface area (Å²) in [4.78, 5) is 9.90. The molecule has 3 N–H and O–H groups in total. The van der Waals surface area contributed by atoms with Crippen molar-refractivity contribution < 1.29 is 4.74 Å². The van der Waals surface area contributed by atoms with Crippen LogP contribution in [0.5, 0.6) is 5.75 Å². The zero-order chi connectivity index (χ0) is 16.7. The number of aromatic nitrogens is 1. The van der Waals surface area contributed by atoms with Crippen molar-refractivity contribution in [3.8, 4) is 5.75 Å². The first-order valence-electron chi connectivity index (χ1n) is 7.99. The molecule has 0 saturated carbocycles. The Balaban J connectivity index is 1.69. The number of aromatic amines is 1. The Hall–Kier alpha value is -2.79. The number of rotatable bonds is 3. The molecule has 3 aromatic rings. The van der Waals surface area contributed by atoms with Gasteiger partial charge in [-0.1, -0.05) is 30.3 Å². The van der Waals surface area contributed by atoms with Gasteiger partial charge in [-0.3, -0.25) is 5.73 Å². The molecule has 122 valence electrons. The highest BCUT2D eigenvalue weighted by molar-refractivity contribution is 6.15. The summed E-state index contributed by atoms with van der Waals surface area (Å²) in [6.45, 7) is 2.55. The van der Waals surface area contributed by atoms with E-state index in [1.54, 1.807) is 0 Å². The van der Waals surface area contributed by atoms with Gasteiger partial charge in [-0.25, -0.2) is 4.99 Å². The van der Waals surface area contributed by atoms with Crippen LogP contribution in [0.15, 0.2) is 53.5 Å². The number of ether oxygens (including phenoxy) is 1. The van der Waals surface area contributed by atoms with Crippen LogP contribution in [0.1, 0.15) is 18.1 Å². The van der Waals surface area contributed by atoms with Gasteiger partial charge in [-0.05, 0) is 30.7 Å². The molecular weight excluding hydrogens is 300 g/mol. The van der Waals surface area contributed by atoms with Gasteiger partial charge in [0.25, 0.3) is 0 Å². The van der Waals surface area contributed by atoms with Crippen molar-refractivity contribution in [2.24, 2.45) is 10.7 Å². The number of aliphatic imine (C=N–C) groups is 1. The van der Waals surface area contributed by atoms with Crippen LogP contribution in [-0.2, 0) is 6.61 Å². The fourth-order valence-electron chi connectivity index (χ4n) is 3.10. The number of anilines is 1. The van der Waals surface area contributed by atoms with Crippen molar-refractivity contribution in [3.63, 3.8) is 0 Å². The molecule has 4 rings (SSSR count). The number of H-pyrrole nitrogens is 1. The van der Waals surface area contributed by atoms with E-state index < -0.39 is 0 Å². The van der Waals surface area contributed by atoms with Gasteiger partial charge < -0.3 is 14.6 Å². The minimum absolute atomic E-state index is 0.348. The van der Waals surface area contributed by atoms with Gasteiger partial charge in [0.05, 0.1) is 0 Å². The third-order valence-corrected chi connectivity index (χ3v) is 4.44. The normalized spacial score (nSPS) is 16.9. The van der Waals surface area contributed by atoms with E-state index in [9.17, 15) is 0 Å². The molecule has 5 nitrogen and oxygen atoms in total. The molecule has 0 spiro atoms. The molecule has 0 bridgehead atoms. The Bertz CT molecular complexity index is 914. The number of hydrogen-bond acceptors (Lipinski definition) is 4. The Morgan fingerprint density at radius 2 is 2.00 bits per heavy atom. The highest BCUT2D eigenvalue weighted by Gasteiger charge is 2.25. The molecule has 0 fully saturated rings. The highest BCUT2D eigenvalue weighted by Crippen LogP contribution is 2.34. The molecule has 0 saturated heterocycles. The standard InChI is InChI=1S/C19H20N4O/c1-12-17-15-10-14(24-11-13-6-4-3-5-7-13)8-9-16(15)22-18(17)23(2)19(20)21-12/h3-10,19,22H,11,20H2,1-2H3. The monoisotopic (exact) mass is 320 g/mol. The first kappa shape index (κ1) is 14.8. The van der Waals surface area contributed by atoms with Crippen molar-refractivity contribution in [3.05, 3.63) is 59.7 Å². The zero-order valence-corrected chi connectivity index (χ0v) is 13.8. The predicted octanol–water partition coefficient (Wildman–Crippen LogP) is 3.25. The fraction of sp³-hybridized carbons (Fsp3) is 0.211. The van der Waals surface area contributed by atoms with Crippen molar-refractivity contribution >= 4 is 22.4 Å². The fourth-order valence-corrected chi connectivity index (χ4v) is 3.10. The third kappa shape index (κ3) is 2.43. The smallest absolute Gasteiger partial charge is 0.174 e. The lowest BCUT2D eigenvalue weighted by molar-refractivity contribution is 0.306. The van der Waals surface area contributed by atoms with E-state index in [0.29, 0.717) is 6.61 Å². The van der Waals surface area contributed by atoms with Crippen molar-refractivity contribution in [2.45, 2.75) is 19.8 Å². The van der Waals surface area contributed by atoms with E-state index in [4.69, 9.17) is 10.5 Å². The van der Waals surface area contributed by atoms with Gasteiger partial charge in [-0.15, -0.1) is 0 Å². The molecule has 1 atom stereocenters. The quantitative estimate of drug-likeness (QED) is 0.778. The lowest BCUT2D eigenvalue weighted by atomic mass is 10.1. The van der Waals surface area contributed by atoms with Crippen LogP contribution in [0.2, 0.25) is 0 Å². The SMILES string of the molecule is CC1=NC(N)N(C)c2[nH]c3ccc(OCc4ccccc4)cc3c21. The lowest BCUT2D eigenvalue weighted by Gasteiger charge is -2.28. The van der Waals surface area contributed by atoms with E-state index in [-0.39, 0.29) is 6.29 Å². The molecule has 0 amide bonds. The Kier molecular flexibility index (Phi) is 3.50. The average molecular weight is 320 g/mol. The Labute approximate surface area is 140 Å². The number of benzene rings is 2. The van der Waals surface area contributed by atoms with E-state index in [2.05, 4.69) is 28.2 Å². The van der Waals surface area contributed by atoms with Crippen molar-refractivity contribution in [2.75, 3.05) is 11.9 Å². The largest absolute Gasteiger partial charge is 0.489 e. The second kappa shape index (κ2) is 5.69. The number of fused-ring (bicyclic) bond motifs is 3. The van der Waals surface area contributed by atoms with Crippen LogP contribution in [0.25, 0.3) is 10.9 Å². The Morgan fingerprint density at radius 1 is 1.21 bits per heavy atom. The summed E-state index contributed by atoms with van der Waals surface area (Å²) in [5, 5.41) is 1.11. The predicted molar refractivity (Wildman–Crippen MR) is 97.7 cm³/mol. The average Bonchev–Trinajstić information content (AvgIpc) is 2.98. The van der Waals surface area contributed by atoms with Crippen LogP contribution in [0.3, 0.4) is 0 Å². The molecule has 1 aromatic heterocycles. The first-order valence-corrected chi connectivity index (χ1v) is 7.99. The van der Waals surface area contributed by atoms with E-state index in [1.165, 1.54) is 0 Å². The molecule has 0 radical (unpaired) electrons. The minimum Gasteiger partial charge on any atom is -0.489 e. The van der Waals surface area contributed by atoms with Crippen molar-refractivity contribution in [1.29, 1.82) is 0 Å². The summed E-state index contributed by atoms with van der Waals surface area (Å²) < 4.78 is 5.95. The van der Waals surface area contributed by atoms with E-state index in [0.717, 1.165) is 39.3 Å². The minimum atomic E-state index is -0.348. The number of nitrogens with zero attached hydrogens (tertiary/aromatic N) is 2. The van der Waals surface area contributed by atoms with Gasteiger partial charge in [-0.2, -0.15) is 0 Å². The van der Waals surface area contributed by atoms with Gasteiger partial charge in [0, 0.05) is 29.2 Å². The third-order valence-electron chi connectivity index (χ3n) is 4.44.